The van der Waals surface area contributed by atoms with Crippen LogP contribution in [-0.4, -0.2) is 50.8 Å². The smallest absolute Gasteiger partial charge is 0.263 e. The van der Waals surface area contributed by atoms with E-state index < -0.39 is 22.5 Å². The number of likely N-dealkylation sites (tertiary alicyclic amines) is 1. The Labute approximate surface area is 174 Å². The number of carbonyl (C=O) groups is 1. The highest BCUT2D eigenvalue weighted by Gasteiger charge is 2.70. The van der Waals surface area contributed by atoms with E-state index in [-0.39, 0.29) is 17.4 Å². The van der Waals surface area contributed by atoms with Gasteiger partial charge in [0.25, 0.3) is 11.5 Å². The summed E-state index contributed by atoms with van der Waals surface area (Å²) in [5.41, 5.74) is 6.85. The number of pyridine rings is 1. The number of phenolic OH excluding ortho intramolecular Hbond substituents is 1. The maximum Gasteiger partial charge on any atom is 0.263 e. The van der Waals surface area contributed by atoms with E-state index in [9.17, 15) is 19.8 Å². The van der Waals surface area contributed by atoms with Gasteiger partial charge in [0.15, 0.2) is 0 Å². The second kappa shape index (κ2) is 5.95. The molecule has 7 heteroatoms. The van der Waals surface area contributed by atoms with Crippen molar-refractivity contribution >= 4 is 5.91 Å². The number of aryl methyl sites for hydroxylation is 1. The fourth-order valence-corrected chi connectivity index (χ4v) is 6.68. The zero-order valence-electron chi connectivity index (χ0n) is 17.5. The monoisotopic (exact) mass is 409 g/mol. The van der Waals surface area contributed by atoms with Crippen molar-refractivity contribution in [3.8, 4) is 5.75 Å². The topological polar surface area (TPSA) is 109 Å². The van der Waals surface area contributed by atoms with Crippen LogP contribution in [0.1, 0.15) is 39.2 Å². The molecule has 1 aromatic heterocycles. The normalized spacial score (nSPS) is 32.1. The maximum absolute atomic E-state index is 12.8. The lowest BCUT2D eigenvalue weighted by Gasteiger charge is -2.54. The van der Waals surface area contributed by atoms with Gasteiger partial charge in [-0.1, -0.05) is 6.07 Å². The number of nitrogens with two attached hydrogens (primary N) is 1. The predicted octanol–water partition coefficient (Wildman–Crippen LogP) is 0.600. The van der Waals surface area contributed by atoms with Crippen molar-refractivity contribution in [3.05, 3.63) is 62.6 Å². The first-order valence-electron chi connectivity index (χ1n) is 10.3. The first kappa shape index (κ1) is 19.3. The second-order valence-corrected chi connectivity index (χ2v) is 9.47. The van der Waals surface area contributed by atoms with Crippen LogP contribution < -0.4 is 11.3 Å². The van der Waals surface area contributed by atoms with Crippen LogP contribution in [0.5, 0.6) is 5.75 Å². The molecule has 1 amide bonds. The highest BCUT2D eigenvalue weighted by Crippen LogP contribution is 2.61. The van der Waals surface area contributed by atoms with Crippen molar-refractivity contribution in [2.75, 3.05) is 13.6 Å². The van der Waals surface area contributed by atoms with E-state index in [0.717, 1.165) is 35.3 Å². The molecule has 5 rings (SSSR count). The largest absolute Gasteiger partial charge is 0.508 e. The lowest BCUT2D eigenvalue weighted by molar-refractivity contribution is -0.108. The number of aromatic nitrogens is 1. The number of aromatic hydroxyl groups is 1. The van der Waals surface area contributed by atoms with Crippen molar-refractivity contribution in [3.63, 3.8) is 0 Å². The van der Waals surface area contributed by atoms with Crippen LogP contribution in [0.4, 0.5) is 0 Å². The standard InChI is InChI=1S/C23H27N3O4/c1-12-4-5-15(27)7-17(12)22-8-14-11-25(2)19(14)23(22,30)9-13-6-16(20(24)28)21(29)26(3)18(13)10-22/h4-7,14,19,27,30H,8-11H2,1-3H3,(H2,24,28). The molecule has 1 aliphatic heterocycles. The summed E-state index contributed by atoms with van der Waals surface area (Å²) in [4.78, 5) is 26.8. The van der Waals surface area contributed by atoms with Gasteiger partial charge < -0.3 is 20.5 Å². The van der Waals surface area contributed by atoms with Crippen molar-refractivity contribution in [2.24, 2.45) is 18.7 Å². The van der Waals surface area contributed by atoms with Crippen LogP contribution in [0.25, 0.3) is 0 Å². The third-order valence-corrected chi connectivity index (χ3v) is 7.93. The number of fused-ring (bicyclic) bond motifs is 4. The molecule has 0 spiro atoms. The fraction of sp³-hybridized carbons (Fsp3) is 0.478. The van der Waals surface area contributed by atoms with Crippen LogP contribution >= 0.6 is 0 Å². The average Bonchev–Trinajstić information content (AvgIpc) is 2.87. The van der Waals surface area contributed by atoms with Gasteiger partial charge in [-0.15, -0.1) is 0 Å². The minimum absolute atomic E-state index is 0.0124. The fourth-order valence-electron chi connectivity index (χ4n) is 6.68. The number of aliphatic hydroxyl groups is 1. The summed E-state index contributed by atoms with van der Waals surface area (Å²) in [7, 11) is 3.69. The SMILES string of the molecule is Cc1ccc(O)cc1C12Cc3c(cc(C(N)=O)c(=O)n3C)CC1(O)C1C(CN1C)C2. The number of phenols is 1. The van der Waals surface area contributed by atoms with E-state index >= 15 is 0 Å². The second-order valence-electron chi connectivity index (χ2n) is 9.47. The molecule has 1 saturated heterocycles. The Morgan fingerprint density at radius 2 is 1.97 bits per heavy atom. The third-order valence-electron chi connectivity index (χ3n) is 7.93. The van der Waals surface area contributed by atoms with Crippen LogP contribution in [0, 0.1) is 12.8 Å². The van der Waals surface area contributed by atoms with Crippen LogP contribution in [0.2, 0.25) is 0 Å². The molecule has 1 aromatic carbocycles. The molecule has 1 saturated carbocycles. The van der Waals surface area contributed by atoms with E-state index in [1.165, 1.54) is 4.57 Å². The number of rotatable bonds is 2. The van der Waals surface area contributed by atoms with Gasteiger partial charge in [0.05, 0.1) is 5.60 Å². The molecular formula is C23H27N3O4. The lowest BCUT2D eigenvalue weighted by atomic mass is 9.59. The van der Waals surface area contributed by atoms with Gasteiger partial charge in [0.2, 0.25) is 0 Å². The van der Waals surface area contributed by atoms with E-state index in [4.69, 9.17) is 5.73 Å². The molecule has 0 radical (unpaired) electrons. The number of nitrogens with zero attached hydrogens (tertiary/aromatic N) is 2. The average molecular weight is 409 g/mol. The Bertz CT molecular complexity index is 1160. The summed E-state index contributed by atoms with van der Waals surface area (Å²) in [6.07, 6.45) is 1.58. The van der Waals surface area contributed by atoms with Gasteiger partial charge in [0.1, 0.15) is 11.3 Å². The maximum atomic E-state index is 12.8. The molecule has 30 heavy (non-hydrogen) atoms. The minimum atomic E-state index is -1.08. The Hall–Kier alpha value is -2.64. The molecule has 4 N–H and O–H groups in total. The van der Waals surface area contributed by atoms with Crippen molar-refractivity contribution in [1.29, 1.82) is 0 Å². The number of carbonyl (C=O) groups excluding carboxylic acids is 1. The minimum Gasteiger partial charge on any atom is -0.508 e. The molecule has 3 aliphatic rings. The van der Waals surface area contributed by atoms with Crippen LogP contribution in [-0.2, 0) is 25.3 Å². The molecule has 2 aliphatic carbocycles. The van der Waals surface area contributed by atoms with E-state index in [1.54, 1.807) is 25.2 Å². The Balaban J connectivity index is 1.79. The number of amides is 1. The summed E-state index contributed by atoms with van der Waals surface area (Å²) >= 11 is 0. The number of hydrogen-bond acceptors (Lipinski definition) is 5. The molecule has 4 atom stereocenters. The highest BCUT2D eigenvalue weighted by molar-refractivity contribution is 5.92. The van der Waals surface area contributed by atoms with Gasteiger partial charge in [-0.2, -0.15) is 0 Å². The lowest BCUT2D eigenvalue weighted by Crippen LogP contribution is -2.67. The van der Waals surface area contributed by atoms with E-state index in [0.29, 0.717) is 18.8 Å². The summed E-state index contributed by atoms with van der Waals surface area (Å²) in [6.45, 7) is 2.91. The number of benzene rings is 1. The molecule has 2 fully saturated rings. The summed E-state index contributed by atoms with van der Waals surface area (Å²) in [5, 5.41) is 22.6. The molecular weight excluding hydrogens is 382 g/mol. The third kappa shape index (κ3) is 2.22. The van der Waals surface area contributed by atoms with Crippen molar-refractivity contribution in [2.45, 2.75) is 43.2 Å². The molecule has 158 valence electrons. The summed E-state index contributed by atoms with van der Waals surface area (Å²) in [5.74, 6) is -0.247. The first-order chi connectivity index (χ1) is 14.1. The number of likely N-dealkylation sites (N-methyl/N-ethyl adjacent to an activating group) is 1. The van der Waals surface area contributed by atoms with E-state index in [2.05, 4.69) is 4.90 Å². The predicted molar refractivity (Wildman–Crippen MR) is 112 cm³/mol. The van der Waals surface area contributed by atoms with Gasteiger partial charge in [0, 0.05) is 43.6 Å². The van der Waals surface area contributed by atoms with Crippen LogP contribution in [0.15, 0.2) is 29.1 Å². The Kier molecular flexibility index (Phi) is 3.84. The Morgan fingerprint density at radius 1 is 1.23 bits per heavy atom. The van der Waals surface area contributed by atoms with Gasteiger partial charge in [-0.3, -0.25) is 14.5 Å². The quantitative estimate of drug-likeness (QED) is 0.673. The number of hydrogen-bond donors (Lipinski definition) is 3. The zero-order valence-corrected chi connectivity index (χ0v) is 17.5. The molecule has 0 bridgehead atoms. The summed E-state index contributed by atoms with van der Waals surface area (Å²) < 4.78 is 1.51. The van der Waals surface area contributed by atoms with Gasteiger partial charge in [-0.25, -0.2) is 0 Å². The first-order valence-corrected chi connectivity index (χ1v) is 10.3. The van der Waals surface area contributed by atoms with Crippen molar-refractivity contribution < 1.29 is 15.0 Å². The molecule has 2 heterocycles. The molecule has 2 aromatic rings. The van der Waals surface area contributed by atoms with E-state index in [1.807, 2.05) is 20.0 Å². The molecule has 4 unspecified atom stereocenters. The Morgan fingerprint density at radius 3 is 2.63 bits per heavy atom. The van der Waals surface area contributed by atoms with Gasteiger partial charge >= 0.3 is 0 Å². The number of primary amides is 1. The van der Waals surface area contributed by atoms with Crippen molar-refractivity contribution in [1.82, 2.24) is 9.47 Å². The van der Waals surface area contributed by atoms with Gasteiger partial charge in [-0.05, 0) is 61.2 Å². The molecule has 7 nitrogen and oxygen atoms in total. The zero-order chi connectivity index (χ0) is 21.6. The highest BCUT2D eigenvalue weighted by atomic mass is 16.3. The van der Waals surface area contributed by atoms with Crippen LogP contribution in [0.3, 0.4) is 0 Å². The summed E-state index contributed by atoms with van der Waals surface area (Å²) in [6, 6.07) is 6.88.